The van der Waals surface area contributed by atoms with Gasteiger partial charge in [0.05, 0.1) is 0 Å². The highest BCUT2D eigenvalue weighted by Gasteiger charge is 2.22. The van der Waals surface area contributed by atoms with Crippen LogP contribution < -0.4 is 5.73 Å². The van der Waals surface area contributed by atoms with E-state index in [1.165, 1.54) is 31.2 Å². The normalized spacial score (nSPS) is 23.0. The predicted octanol–water partition coefficient (Wildman–Crippen LogP) is 3.85. The molecule has 1 saturated heterocycles. The Labute approximate surface area is 121 Å². The molecule has 106 valence electrons. The first-order valence-corrected chi connectivity index (χ1v) is 7.82. The largest absolute Gasteiger partial charge is 0.329 e. The summed E-state index contributed by atoms with van der Waals surface area (Å²) in [5.41, 5.74) is 7.27. The highest BCUT2D eigenvalue weighted by molar-refractivity contribution is 6.30. The van der Waals surface area contributed by atoms with E-state index in [1.54, 1.807) is 0 Å². The van der Waals surface area contributed by atoms with Crippen molar-refractivity contribution in [3.63, 3.8) is 0 Å². The third kappa shape index (κ3) is 3.95. The summed E-state index contributed by atoms with van der Waals surface area (Å²) in [6.07, 6.45) is 5.25. The average molecular weight is 281 g/mol. The summed E-state index contributed by atoms with van der Waals surface area (Å²) >= 11 is 6.10. The molecular weight excluding hydrogens is 256 g/mol. The van der Waals surface area contributed by atoms with E-state index in [2.05, 4.69) is 24.0 Å². The topological polar surface area (TPSA) is 29.3 Å². The lowest BCUT2D eigenvalue weighted by Crippen LogP contribution is -2.34. The second kappa shape index (κ2) is 7.28. The van der Waals surface area contributed by atoms with E-state index in [9.17, 15) is 0 Å². The third-order valence-corrected chi connectivity index (χ3v) is 4.59. The fourth-order valence-electron chi connectivity index (χ4n) is 3.12. The lowest BCUT2D eigenvalue weighted by atomic mass is 9.98. The van der Waals surface area contributed by atoms with E-state index in [-0.39, 0.29) is 0 Å². The van der Waals surface area contributed by atoms with Crippen LogP contribution in [0.5, 0.6) is 0 Å². The minimum absolute atomic E-state index is 0.314. The molecule has 2 rings (SSSR count). The second-order valence-electron chi connectivity index (χ2n) is 5.55. The molecule has 0 aromatic heterocycles. The van der Waals surface area contributed by atoms with E-state index < -0.39 is 0 Å². The Morgan fingerprint density at radius 2 is 2.21 bits per heavy atom. The van der Waals surface area contributed by atoms with Crippen LogP contribution in [0.2, 0.25) is 5.02 Å². The van der Waals surface area contributed by atoms with Crippen molar-refractivity contribution in [1.29, 1.82) is 0 Å². The molecule has 1 aliphatic heterocycles. The second-order valence-corrected chi connectivity index (χ2v) is 5.98. The lowest BCUT2D eigenvalue weighted by molar-refractivity contribution is 0.207. The molecule has 1 fully saturated rings. The van der Waals surface area contributed by atoms with Gasteiger partial charge in [-0.1, -0.05) is 37.1 Å². The van der Waals surface area contributed by atoms with Crippen LogP contribution in [0.25, 0.3) is 0 Å². The smallest absolute Gasteiger partial charge is 0.0470 e. The molecule has 0 aliphatic carbocycles. The van der Waals surface area contributed by atoms with Gasteiger partial charge in [-0.15, -0.1) is 0 Å². The number of nitrogens with zero attached hydrogens (tertiary/aromatic N) is 1. The molecule has 1 aliphatic rings. The average Bonchev–Trinajstić information content (AvgIpc) is 2.65. The van der Waals surface area contributed by atoms with E-state index >= 15 is 0 Å². The molecule has 2 unspecified atom stereocenters. The Balaban J connectivity index is 2.09. The van der Waals surface area contributed by atoms with Crippen molar-refractivity contribution in [2.45, 2.75) is 38.6 Å². The van der Waals surface area contributed by atoms with Gasteiger partial charge in [0, 0.05) is 17.6 Å². The van der Waals surface area contributed by atoms with Gasteiger partial charge in [-0.2, -0.15) is 0 Å². The zero-order valence-corrected chi connectivity index (χ0v) is 12.6. The molecule has 0 bridgehead atoms. The SMILES string of the molecule is CCC1CCCN(C(CN)c2cccc(Cl)c2)CC1. The summed E-state index contributed by atoms with van der Waals surface area (Å²) in [7, 11) is 0. The van der Waals surface area contributed by atoms with Gasteiger partial charge in [-0.05, 0) is 56.0 Å². The minimum Gasteiger partial charge on any atom is -0.329 e. The quantitative estimate of drug-likeness (QED) is 0.908. The van der Waals surface area contributed by atoms with Crippen molar-refractivity contribution in [2.24, 2.45) is 11.7 Å². The van der Waals surface area contributed by atoms with Crippen LogP contribution in [0.3, 0.4) is 0 Å². The zero-order valence-electron chi connectivity index (χ0n) is 11.8. The number of hydrogen-bond acceptors (Lipinski definition) is 2. The van der Waals surface area contributed by atoms with Gasteiger partial charge in [0.15, 0.2) is 0 Å². The van der Waals surface area contributed by atoms with Crippen molar-refractivity contribution >= 4 is 11.6 Å². The van der Waals surface area contributed by atoms with Crippen molar-refractivity contribution < 1.29 is 0 Å². The summed E-state index contributed by atoms with van der Waals surface area (Å²) in [6.45, 7) is 5.28. The van der Waals surface area contributed by atoms with Crippen LogP contribution in [0, 0.1) is 5.92 Å². The minimum atomic E-state index is 0.314. The molecule has 2 nitrogen and oxygen atoms in total. The van der Waals surface area contributed by atoms with Crippen LogP contribution in [0.1, 0.15) is 44.2 Å². The maximum Gasteiger partial charge on any atom is 0.0470 e. The molecule has 1 aromatic rings. The summed E-state index contributed by atoms with van der Waals surface area (Å²) in [4.78, 5) is 2.54. The van der Waals surface area contributed by atoms with Crippen LogP contribution >= 0.6 is 11.6 Å². The maximum atomic E-state index is 6.10. The standard InChI is InChI=1S/C16H25ClN2/c1-2-13-5-4-9-19(10-8-13)16(12-18)14-6-3-7-15(17)11-14/h3,6-7,11,13,16H,2,4-5,8-10,12,18H2,1H3. The number of benzene rings is 1. The van der Waals surface area contributed by atoms with Crippen LogP contribution in [-0.2, 0) is 0 Å². The number of likely N-dealkylation sites (tertiary alicyclic amines) is 1. The summed E-state index contributed by atoms with van der Waals surface area (Å²) < 4.78 is 0. The van der Waals surface area contributed by atoms with E-state index in [0.717, 1.165) is 24.0 Å². The van der Waals surface area contributed by atoms with E-state index in [0.29, 0.717) is 12.6 Å². The molecule has 0 spiro atoms. The highest BCUT2D eigenvalue weighted by Crippen LogP contribution is 2.28. The van der Waals surface area contributed by atoms with Crippen LogP contribution in [0.15, 0.2) is 24.3 Å². The molecule has 0 amide bonds. The number of nitrogens with two attached hydrogens (primary N) is 1. The molecule has 2 N–H and O–H groups in total. The Kier molecular flexibility index (Phi) is 5.68. The molecule has 19 heavy (non-hydrogen) atoms. The molecule has 0 radical (unpaired) electrons. The van der Waals surface area contributed by atoms with Crippen molar-refractivity contribution in [2.75, 3.05) is 19.6 Å². The van der Waals surface area contributed by atoms with E-state index in [1.807, 2.05) is 12.1 Å². The van der Waals surface area contributed by atoms with Gasteiger partial charge in [0.25, 0.3) is 0 Å². The number of rotatable bonds is 4. The molecule has 2 atom stereocenters. The first-order valence-electron chi connectivity index (χ1n) is 7.44. The summed E-state index contributed by atoms with van der Waals surface area (Å²) in [6, 6.07) is 8.46. The van der Waals surface area contributed by atoms with Gasteiger partial charge in [-0.3, -0.25) is 4.90 Å². The first-order chi connectivity index (χ1) is 9.24. The summed E-state index contributed by atoms with van der Waals surface area (Å²) in [5, 5.41) is 0.803. The first kappa shape index (κ1) is 14.8. The van der Waals surface area contributed by atoms with Crippen molar-refractivity contribution in [3.8, 4) is 0 Å². The van der Waals surface area contributed by atoms with Crippen molar-refractivity contribution in [3.05, 3.63) is 34.9 Å². The van der Waals surface area contributed by atoms with Crippen molar-refractivity contribution in [1.82, 2.24) is 4.90 Å². The van der Waals surface area contributed by atoms with Gasteiger partial charge in [0.2, 0.25) is 0 Å². The zero-order chi connectivity index (χ0) is 13.7. The van der Waals surface area contributed by atoms with E-state index in [4.69, 9.17) is 17.3 Å². The molecule has 1 heterocycles. The Bertz CT molecular complexity index is 394. The molecule has 3 heteroatoms. The Hall–Kier alpha value is -0.570. The van der Waals surface area contributed by atoms with Gasteiger partial charge < -0.3 is 5.73 Å². The predicted molar refractivity (Wildman–Crippen MR) is 82.5 cm³/mol. The highest BCUT2D eigenvalue weighted by atomic mass is 35.5. The van der Waals surface area contributed by atoms with Gasteiger partial charge in [-0.25, -0.2) is 0 Å². The fourth-order valence-corrected chi connectivity index (χ4v) is 3.32. The summed E-state index contributed by atoms with van der Waals surface area (Å²) in [5.74, 6) is 0.891. The number of hydrogen-bond donors (Lipinski definition) is 1. The Morgan fingerprint density at radius 1 is 1.37 bits per heavy atom. The fraction of sp³-hybridized carbons (Fsp3) is 0.625. The van der Waals surface area contributed by atoms with Gasteiger partial charge >= 0.3 is 0 Å². The monoisotopic (exact) mass is 280 g/mol. The molecule has 1 aromatic carbocycles. The van der Waals surface area contributed by atoms with Crippen LogP contribution in [-0.4, -0.2) is 24.5 Å². The molecular formula is C16H25ClN2. The van der Waals surface area contributed by atoms with Crippen LogP contribution in [0.4, 0.5) is 0 Å². The number of halogens is 1. The lowest BCUT2D eigenvalue weighted by Gasteiger charge is -2.30. The third-order valence-electron chi connectivity index (χ3n) is 4.36. The Morgan fingerprint density at radius 3 is 2.89 bits per heavy atom. The van der Waals surface area contributed by atoms with Gasteiger partial charge in [0.1, 0.15) is 0 Å². The molecule has 0 saturated carbocycles. The maximum absolute atomic E-state index is 6.10.